The molecule has 1 aromatic rings. The third-order valence-corrected chi connectivity index (χ3v) is 7.39. The molecule has 1 aromatic carbocycles. The van der Waals surface area contributed by atoms with Crippen molar-refractivity contribution in [3.8, 4) is 0 Å². The molecule has 6 nitrogen and oxygen atoms in total. The summed E-state index contributed by atoms with van der Waals surface area (Å²) in [6.07, 6.45) is 9.06. The molecule has 2 fully saturated rings. The van der Waals surface area contributed by atoms with Gasteiger partial charge in [0.25, 0.3) is 0 Å². The Labute approximate surface area is 175 Å². The van der Waals surface area contributed by atoms with Crippen molar-refractivity contribution in [1.29, 1.82) is 0 Å². The van der Waals surface area contributed by atoms with E-state index in [0.29, 0.717) is 4.90 Å². The van der Waals surface area contributed by atoms with Gasteiger partial charge < -0.3 is 15.1 Å². The first kappa shape index (κ1) is 22.1. The average molecular weight is 422 g/mol. The lowest BCUT2D eigenvalue weighted by Gasteiger charge is -2.29. The molecule has 1 saturated carbocycles. The van der Waals surface area contributed by atoms with Gasteiger partial charge in [-0.15, -0.1) is 0 Å². The third kappa shape index (κ3) is 6.44. The number of carbonyl (C=O) groups is 1. The lowest BCUT2D eigenvalue weighted by atomic mass is 9.89. The van der Waals surface area contributed by atoms with Gasteiger partial charge in [-0.1, -0.05) is 31.4 Å². The van der Waals surface area contributed by atoms with E-state index in [4.69, 9.17) is 0 Å². The maximum atomic E-state index is 12.8. The van der Waals surface area contributed by atoms with E-state index in [-0.39, 0.29) is 12.1 Å². The van der Waals surface area contributed by atoms with Crippen LogP contribution >= 0.6 is 0 Å². The number of hydrogen-bond donors (Lipinski definition) is 1. The number of amides is 2. The second-order valence-electron chi connectivity index (χ2n) is 8.66. The SMILES string of the molecule is CC(NC(=O)N1CCCN(CC2CCCCC2)CC1)c1ccc(S(C)(=O)=O)cc1. The van der Waals surface area contributed by atoms with Crippen molar-refractivity contribution in [2.75, 3.05) is 39.0 Å². The molecule has 1 N–H and O–H groups in total. The Morgan fingerprint density at radius 1 is 1.03 bits per heavy atom. The normalized spacial score (nSPS) is 20.8. The summed E-state index contributed by atoms with van der Waals surface area (Å²) in [5.74, 6) is 0.832. The number of hydrogen-bond acceptors (Lipinski definition) is 4. The second kappa shape index (κ2) is 9.94. The Balaban J connectivity index is 1.49. The molecule has 1 aliphatic carbocycles. The van der Waals surface area contributed by atoms with Crippen LogP contribution in [0.5, 0.6) is 0 Å². The summed E-state index contributed by atoms with van der Waals surface area (Å²) < 4.78 is 23.2. The molecule has 0 spiro atoms. The average Bonchev–Trinajstić information content (AvgIpc) is 2.94. The summed E-state index contributed by atoms with van der Waals surface area (Å²) in [6.45, 7) is 6.67. The molecular formula is C22H35N3O3S. The molecule has 7 heteroatoms. The molecule has 162 valence electrons. The minimum atomic E-state index is -3.21. The van der Waals surface area contributed by atoms with Gasteiger partial charge in [-0.3, -0.25) is 0 Å². The lowest BCUT2D eigenvalue weighted by Crippen LogP contribution is -2.43. The smallest absolute Gasteiger partial charge is 0.317 e. The number of nitrogens with zero attached hydrogens (tertiary/aromatic N) is 2. The molecule has 2 aliphatic rings. The van der Waals surface area contributed by atoms with Crippen molar-refractivity contribution in [3.05, 3.63) is 29.8 Å². The van der Waals surface area contributed by atoms with Crippen molar-refractivity contribution in [2.24, 2.45) is 5.92 Å². The number of carbonyl (C=O) groups excluding carboxylic acids is 1. The highest BCUT2D eigenvalue weighted by atomic mass is 32.2. The zero-order chi connectivity index (χ0) is 20.9. The maximum absolute atomic E-state index is 12.8. The standard InChI is InChI=1S/C22H35N3O3S/c1-18(20-9-11-21(12-10-20)29(2,27)28)23-22(26)25-14-6-13-24(15-16-25)17-19-7-4-3-5-8-19/h9-12,18-19H,3-8,13-17H2,1-2H3,(H,23,26). The van der Waals surface area contributed by atoms with Crippen molar-refractivity contribution in [1.82, 2.24) is 15.1 Å². The first-order valence-corrected chi connectivity index (χ1v) is 12.8. The molecule has 1 aliphatic heterocycles. The molecule has 3 rings (SSSR count). The van der Waals surface area contributed by atoms with Gasteiger partial charge >= 0.3 is 6.03 Å². The first-order valence-electron chi connectivity index (χ1n) is 10.9. The molecule has 0 aromatic heterocycles. The lowest BCUT2D eigenvalue weighted by molar-refractivity contribution is 0.187. The van der Waals surface area contributed by atoms with E-state index in [1.54, 1.807) is 24.3 Å². The van der Waals surface area contributed by atoms with E-state index in [1.807, 2.05) is 11.8 Å². The zero-order valence-electron chi connectivity index (χ0n) is 17.8. The minimum Gasteiger partial charge on any atom is -0.331 e. The number of benzene rings is 1. The zero-order valence-corrected chi connectivity index (χ0v) is 18.6. The molecule has 1 atom stereocenters. The highest BCUT2D eigenvalue weighted by molar-refractivity contribution is 7.90. The Hall–Kier alpha value is -1.60. The van der Waals surface area contributed by atoms with E-state index >= 15 is 0 Å². The van der Waals surface area contributed by atoms with Crippen LogP contribution in [0.2, 0.25) is 0 Å². The van der Waals surface area contributed by atoms with E-state index in [0.717, 1.165) is 44.1 Å². The molecular weight excluding hydrogens is 386 g/mol. The van der Waals surface area contributed by atoms with Gasteiger partial charge in [0, 0.05) is 32.4 Å². The van der Waals surface area contributed by atoms with Gasteiger partial charge in [0.2, 0.25) is 0 Å². The molecule has 29 heavy (non-hydrogen) atoms. The number of nitrogens with one attached hydrogen (secondary N) is 1. The number of urea groups is 1. The Morgan fingerprint density at radius 3 is 2.38 bits per heavy atom. The molecule has 1 unspecified atom stereocenters. The number of rotatable bonds is 5. The summed E-state index contributed by atoms with van der Waals surface area (Å²) in [6, 6.07) is 6.54. The Morgan fingerprint density at radius 2 is 1.72 bits per heavy atom. The van der Waals surface area contributed by atoms with Gasteiger partial charge in [-0.25, -0.2) is 13.2 Å². The van der Waals surface area contributed by atoms with Gasteiger partial charge in [0.05, 0.1) is 10.9 Å². The van der Waals surface area contributed by atoms with Gasteiger partial charge in [-0.05, 0) is 56.3 Å². The Kier molecular flexibility index (Phi) is 7.57. The van der Waals surface area contributed by atoms with Crippen LogP contribution in [-0.4, -0.2) is 63.2 Å². The van der Waals surface area contributed by atoms with E-state index in [1.165, 1.54) is 44.9 Å². The van der Waals surface area contributed by atoms with E-state index in [9.17, 15) is 13.2 Å². The predicted octanol–water partition coefficient (Wildman–Crippen LogP) is 3.45. The summed E-state index contributed by atoms with van der Waals surface area (Å²) in [5.41, 5.74) is 0.902. The predicted molar refractivity (Wildman–Crippen MR) is 116 cm³/mol. The van der Waals surface area contributed by atoms with Crippen molar-refractivity contribution < 1.29 is 13.2 Å². The van der Waals surface area contributed by atoms with Crippen molar-refractivity contribution in [3.63, 3.8) is 0 Å². The molecule has 1 saturated heterocycles. The maximum Gasteiger partial charge on any atom is 0.317 e. The molecule has 0 radical (unpaired) electrons. The topological polar surface area (TPSA) is 69.7 Å². The van der Waals surface area contributed by atoms with Gasteiger partial charge in [0.15, 0.2) is 9.84 Å². The van der Waals surface area contributed by atoms with E-state index < -0.39 is 9.84 Å². The Bertz CT molecular complexity index is 773. The molecule has 2 amide bonds. The fourth-order valence-corrected chi connectivity index (χ4v) is 5.09. The highest BCUT2D eigenvalue weighted by Crippen LogP contribution is 2.25. The van der Waals surface area contributed by atoms with E-state index in [2.05, 4.69) is 10.2 Å². The quantitative estimate of drug-likeness (QED) is 0.791. The van der Waals surface area contributed by atoms with Crippen LogP contribution in [0, 0.1) is 5.92 Å². The summed E-state index contributed by atoms with van der Waals surface area (Å²) in [5, 5.41) is 3.07. The van der Waals surface area contributed by atoms with Crippen LogP contribution in [0.4, 0.5) is 4.79 Å². The largest absolute Gasteiger partial charge is 0.331 e. The fourth-order valence-electron chi connectivity index (χ4n) is 4.45. The summed E-state index contributed by atoms with van der Waals surface area (Å²) >= 11 is 0. The van der Waals surface area contributed by atoms with Crippen molar-refractivity contribution >= 4 is 15.9 Å². The van der Waals surface area contributed by atoms with Crippen LogP contribution in [0.15, 0.2) is 29.2 Å². The first-order chi connectivity index (χ1) is 13.8. The monoisotopic (exact) mass is 421 g/mol. The van der Waals surface area contributed by atoms with Crippen LogP contribution < -0.4 is 5.32 Å². The summed E-state index contributed by atoms with van der Waals surface area (Å²) in [4.78, 5) is 17.5. The van der Waals surface area contributed by atoms with Crippen LogP contribution in [0.3, 0.4) is 0 Å². The fraction of sp³-hybridized carbons (Fsp3) is 0.682. The molecule has 1 heterocycles. The minimum absolute atomic E-state index is 0.0378. The second-order valence-corrected chi connectivity index (χ2v) is 10.7. The van der Waals surface area contributed by atoms with Crippen LogP contribution in [0.25, 0.3) is 0 Å². The summed E-state index contributed by atoms with van der Waals surface area (Å²) in [7, 11) is -3.21. The van der Waals surface area contributed by atoms with Gasteiger partial charge in [0.1, 0.15) is 0 Å². The van der Waals surface area contributed by atoms with Crippen molar-refractivity contribution in [2.45, 2.75) is 56.4 Å². The number of sulfone groups is 1. The third-order valence-electron chi connectivity index (χ3n) is 6.27. The molecule has 0 bridgehead atoms. The van der Waals surface area contributed by atoms with Gasteiger partial charge in [-0.2, -0.15) is 0 Å². The van der Waals surface area contributed by atoms with Crippen LogP contribution in [-0.2, 0) is 9.84 Å². The van der Waals surface area contributed by atoms with Crippen LogP contribution in [0.1, 0.15) is 57.1 Å². The highest BCUT2D eigenvalue weighted by Gasteiger charge is 2.23.